The van der Waals surface area contributed by atoms with Crippen molar-refractivity contribution in [3.63, 3.8) is 0 Å². The number of carbonyl (C=O) groups excluding carboxylic acids is 2. The van der Waals surface area contributed by atoms with Crippen molar-refractivity contribution in [3.05, 3.63) is 65.2 Å². The fourth-order valence-corrected chi connectivity index (χ4v) is 2.76. The first-order chi connectivity index (χ1) is 11.5. The third-order valence-corrected chi connectivity index (χ3v) is 3.98. The van der Waals surface area contributed by atoms with Crippen molar-refractivity contribution in [2.24, 2.45) is 0 Å². The molecule has 0 heterocycles. The summed E-state index contributed by atoms with van der Waals surface area (Å²) >= 11 is 0. The molecule has 0 radical (unpaired) electrons. The smallest absolute Gasteiger partial charge is 0.223 e. The van der Waals surface area contributed by atoms with Crippen molar-refractivity contribution in [3.8, 4) is 0 Å². The maximum absolute atomic E-state index is 12.1. The van der Waals surface area contributed by atoms with Gasteiger partial charge in [0.1, 0.15) is 0 Å². The van der Waals surface area contributed by atoms with Crippen LogP contribution < -0.4 is 10.2 Å². The van der Waals surface area contributed by atoms with Gasteiger partial charge in [-0.3, -0.25) is 9.59 Å². The number of anilines is 1. The highest BCUT2D eigenvalue weighted by atomic mass is 16.2. The van der Waals surface area contributed by atoms with E-state index in [0.29, 0.717) is 13.1 Å². The third-order valence-electron chi connectivity index (χ3n) is 3.98. The van der Waals surface area contributed by atoms with E-state index < -0.39 is 0 Å². The number of para-hydroxylation sites is 1. The average Bonchev–Trinajstić information content (AvgIpc) is 2.56. The van der Waals surface area contributed by atoms with Crippen LogP contribution in [0.2, 0.25) is 0 Å². The van der Waals surface area contributed by atoms with Crippen LogP contribution in [-0.2, 0) is 16.1 Å². The Bertz CT molecular complexity index is 691. The molecule has 4 nitrogen and oxygen atoms in total. The molecule has 0 aliphatic heterocycles. The lowest BCUT2D eigenvalue weighted by Gasteiger charge is -2.25. The molecule has 0 aliphatic carbocycles. The molecule has 0 aliphatic rings. The van der Waals surface area contributed by atoms with Crippen molar-refractivity contribution in [1.29, 1.82) is 0 Å². The number of rotatable bonds is 6. The molecule has 0 fully saturated rings. The van der Waals surface area contributed by atoms with Crippen LogP contribution in [0.5, 0.6) is 0 Å². The van der Waals surface area contributed by atoms with E-state index in [4.69, 9.17) is 0 Å². The van der Waals surface area contributed by atoms with Crippen molar-refractivity contribution >= 4 is 17.5 Å². The Labute approximate surface area is 143 Å². The fraction of sp³-hybridized carbons (Fsp3) is 0.300. The zero-order valence-corrected chi connectivity index (χ0v) is 14.5. The average molecular weight is 324 g/mol. The van der Waals surface area contributed by atoms with Crippen LogP contribution in [0.4, 0.5) is 5.69 Å². The Morgan fingerprint density at radius 2 is 1.58 bits per heavy atom. The highest BCUT2D eigenvalue weighted by Crippen LogP contribution is 2.24. The second-order valence-corrected chi connectivity index (χ2v) is 5.92. The normalized spacial score (nSPS) is 10.3. The molecule has 2 rings (SSSR count). The minimum Gasteiger partial charge on any atom is -0.352 e. The Kier molecular flexibility index (Phi) is 6.13. The Hall–Kier alpha value is -2.62. The number of hydrogen-bond acceptors (Lipinski definition) is 2. The number of nitrogens with one attached hydrogen (secondary N) is 1. The Balaban J connectivity index is 1.97. The molecule has 0 saturated heterocycles. The molecule has 0 spiro atoms. The van der Waals surface area contributed by atoms with Crippen LogP contribution in [0, 0.1) is 13.8 Å². The van der Waals surface area contributed by atoms with Crippen LogP contribution in [0.25, 0.3) is 0 Å². The van der Waals surface area contributed by atoms with Gasteiger partial charge >= 0.3 is 0 Å². The first-order valence-corrected chi connectivity index (χ1v) is 8.14. The summed E-state index contributed by atoms with van der Waals surface area (Å²) in [5.41, 5.74) is 4.04. The van der Waals surface area contributed by atoms with Crippen LogP contribution >= 0.6 is 0 Å². The van der Waals surface area contributed by atoms with Gasteiger partial charge in [0, 0.05) is 32.1 Å². The second kappa shape index (κ2) is 8.29. The summed E-state index contributed by atoms with van der Waals surface area (Å²) in [5, 5.41) is 2.90. The van der Waals surface area contributed by atoms with Crippen molar-refractivity contribution in [2.75, 3.05) is 11.4 Å². The van der Waals surface area contributed by atoms with E-state index in [0.717, 1.165) is 22.4 Å². The molecular weight excluding hydrogens is 300 g/mol. The topological polar surface area (TPSA) is 49.4 Å². The van der Waals surface area contributed by atoms with Crippen LogP contribution in [0.15, 0.2) is 48.5 Å². The summed E-state index contributed by atoms with van der Waals surface area (Å²) in [7, 11) is 0. The Morgan fingerprint density at radius 1 is 0.958 bits per heavy atom. The third kappa shape index (κ3) is 4.69. The first kappa shape index (κ1) is 17.7. The minimum absolute atomic E-state index is 0.0525. The zero-order valence-electron chi connectivity index (χ0n) is 14.5. The number of carbonyl (C=O) groups is 2. The standard InChI is InChI=1S/C20H24N2O2/c1-15-8-7-9-16(2)20(15)22(17(3)23)13-12-19(24)21-14-18-10-5-4-6-11-18/h4-11H,12-14H2,1-3H3,(H,21,24). The highest BCUT2D eigenvalue weighted by molar-refractivity contribution is 5.94. The van der Waals surface area contributed by atoms with E-state index in [9.17, 15) is 9.59 Å². The quantitative estimate of drug-likeness (QED) is 0.886. The molecule has 126 valence electrons. The summed E-state index contributed by atoms with van der Waals surface area (Å²) in [6.45, 7) is 6.38. The molecule has 0 aromatic heterocycles. The minimum atomic E-state index is -0.0589. The fourth-order valence-electron chi connectivity index (χ4n) is 2.76. The number of benzene rings is 2. The van der Waals surface area contributed by atoms with Gasteiger partial charge in [-0.2, -0.15) is 0 Å². The number of hydrogen-bond donors (Lipinski definition) is 1. The summed E-state index contributed by atoms with van der Waals surface area (Å²) in [6, 6.07) is 15.7. The van der Waals surface area contributed by atoms with Gasteiger partial charge in [0.2, 0.25) is 11.8 Å². The van der Waals surface area contributed by atoms with Crippen LogP contribution in [0.3, 0.4) is 0 Å². The van der Waals surface area contributed by atoms with Gasteiger partial charge in [-0.05, 0) is 30.5 Å². The van der Waals surface area contributed by atoms with Gasteiger partial charge in [0.05, 0.1) is 0 Å². The SMILES string of the molecule is CC(=O)N(CCC(=O)NCc1ccccc1)c1c(C)cccc1C. The van der Waals surface area contributed by atoms with Crippen molar-refractivity contribution in [2.45, 2.75) is 33.7 Å². The summed E-state index contributed by atoms with van der Waals surface area (Å²) < 4.78 is 0. The molecule has 2 aromatic carbocycles. The van der Waals surface area contributed by atoms with Gasteiger partial charge in [0.15, 0.2) is 0 Å². The van der Waals surface area contributed by atoms with E-state index in [1.165, 1.54) is 6.92 Å². The number of amides is 2. The molecule has 2 aromatic rings. The zero-order chi connectivity index (χ0) is 17.5. The monoisotopic (exact) mass is 324 g/mol. The molecule has 0 atom stereocenters. The van der Waals surface area contributed by atoms with E-state index in [2.05, 4.69) is 5.32 Å². The largest absolute Gasteiger partial charge is 0.352 e. The lowest BCUT2D eigenvalue weighted by molar-refractivity contribution is -0.121. The maximum Gasteiger partial charge on any atom is 0.223 e. The van der Waals surface area contributed by atoms with E-state index in [1.54, 1.807) is 4.90 Å². The van der Waals surface area contributed by atoms with E-state index in [-0.39, 0.29) is 18.2 Å². The van der Waals surface area contributed by atoms with Gasteiger partial charge in [-0.1, -0.05) is 48.5 Å². The molecule has 4 heteroatoms. The first-order valence-electron chi connectivity index (χ1n) is 8.14. The molecule has 2 amide bonds. The molecule has 24 heavy (non-hydrogen) atoms. The Morgan fingerprint density at radius 3 is 2.17 bits per heavy atom. The van der Waals surface area contributed by atoms with Gasteiger partial charge in [-0.15, -0.1) is 0 Å². The number of aryl methyl sites for hydroxylation is 2. The molecule has 1 N–H and O–H groups in total. The van der Waals surface area contributed by atoms with Crippen molar-refractivity contribution in [1.82, 2.24) is 5.32 Å². The lowest BCUT2D eigenvalue weighted by atomic mass is 10.1. The van der Waals surface area contributed by atoms with E-state index >= 15 is 0 Å². The second-order valence-electron chi connectivity index (χ2n) is 5.92. The lowest BCUT2D eigenvalue weighted by Crippen LogP contribution is -2.34. The highest BCUT2D eigenvalue weighted by Gasteiger charge is 2.17. The molecule has 0 bridgehead atoms. The molecule has 0 saturated carbocycles. The van der Waals surface area contributed by atoms with Gasteiger partial charge < -0.3 is 10.2 Å². The summed E-state index contributed by atoms with van der Waals surface area (Å²) in [6.07, 6.45) is 0.278. The van der Waals surface area contributed by atoms with Gasteiger partial charge in [0.25, 0.3) is 0 Å². The predicted octanol–water partition coefficient (Wildman–Crippen LogP) is 3.36. The van der Waals surface area contributed by atoms with Crippen LogP contribution in [0.1, 0.15) is 30.0 Å². The molecular formula is C20H24N2O2. The van der Waals surface area contributed by atoms with Gasteiger partial charge in [-0.25, -0.2) is 0 Å². The molecule has 0 unspecified atom stereocenters. The summed E-state index contributed by atoms with van der Waals surface area (Å²) in [5.74, 6) is -0.111. The van der Waals surface area contributed by atoms with E-state index in [1.807, 2.05) is 62.4 Å². The number of nitrogens with zero attached hydrogens (tertiary/aromatic N) is 1. The predicted molar refractivity (Wildman–Crippen MR) is 96.8 cm³/mol. The summed E-state index contributed by atoms with van der Waals surface area (Å²) in [4.78, 5) is 25.8. The van der Waals surface area contributed by atoms with Crippen LogP contribution in [-0.4, -0.2) is 18.4 Å². The van der Waals surface area contributed by atoms with Crippen molar-refractivity contribution < 1.29 is 9.59 Å². The maximum atomic E-state index is 12.1.